The van der Waals surface area contributed by atoms with Gasteiger partial charge in [-0.3, -0.25) is 0 Å². The van der Waals surface area contributed by atoms with Crippen molar-refractivity contribution in [2.24, 2.45) is 0 Å². The molecule has 1 rings (SSSR count). The molecule has 0 atom stereocenters. The van der Waals surface area contributed by atoms with Crippen LogP contribution < -0.4 is 5.32 Å². The molecule has 0 radical (unpaired) electrons. The van der Waals surface area contributed by atoms with Crippen LogP contribution in [0.15, 0.2) is 12.7 Å². The molecule has 0 aromatic rings. The zero-order valence-electron chi connectivity index (χ0n) is 7.52. The summed E-state index contributed by atoms with van der Waals surface area (Å²) in [6.45, 7) is 3.73. The van der Waals surface area contributed by atoms with Gasteiger partial charge in [-0.15, -0.1) is 0 Å². The molecule has 0 aromatic heterocycles. The zero-order valence-corrected chi connectivity index (χ0v) is 7.52. The second-order valence-electron chi connectivity index (χ2n) is 2.60. The summed E-state index contributed by atoms with van der Waals surface area (Å²) in [6, 6.07) is -0.356. The van der Waals surface area contributed by atoms with Crippen molar-refractivity contribution in [2.75, 3.05) is 19.8 Å². The fourth-order valence-corrected chi connectivity index (χ4v) is 0.853. The molecule has 78 valence electrons. The van der Waals surface area contributed by atoms with Gasteiger partial charge in [0, 0.05) is 0 Å². The number of hydrogen-bond acceptors (Lipinski definition) is 5. The fourth-order valence-electron chi connectivity index (χ4n) is 0.853. The van der Waals surface area contributed by atoms with E-state index in [0.29, 0.717) is 0 Å². The highest BCUT2D eigenvalue weighted by Crippen LogP contribution is 1.99. The van der Waals surface area contributed by atoms with Gasteiger partial charge < -0.3 is 19.5 Å². The Balaban J connectivity index is 2.20. The monoisotopic (exact) mass is 201 g/mol. The molecular formula is C8H11NO5. The van der Waals surface area contributed by atoms with Crippen LogP contribution >= 0.6 is 0 Å². The van der Waals surface area contributed by atoms with Gasteiger partial charge in [-0.2, -0.15) is 0 Å². The Bertz CT molecular complexity index is 230. The molecule has 1 aliphatic heterocycles. The predicted octanol–water partition coefficient (Wildman–Crippen LogP) is 0.434. The summed E-state index contributed by atoms with van der Waals surface area (Å²) >= 11 is 0. The third kappa shape index (κ3) is 3.34. The van der Waals surface area contributed by atoms with Crippen molar-refractivity contribution in [3.63, 3.8) is 0 Å². The summed E-state index contributed by atoms with van der Waals surface area (Å²) < 4.78 is 13.7. The van der Waals surface area contributed by atoms with Crippen molar-refractivity contribution in [3.05, 3.63) is 12.7 Å². The summed E-state index contributed by atoms with van der Waals surface area (Å²) in [4.78, 5) is 21.4. The molecule has 0 unspecified atom stereocenters. The lowest BCUT2D eigenvalue weighted by Crippen LogP contribution is -2.45. The van der Waals surface area contributed by atoms with Crippen molar-refractivity contribution < 1.29 is 23.8 Å². The van der Waals surface area contributed by atoms with Gasteiger partial charge in [0.1, 0.15) is 25.9 Å². The number of cyclic esters (lactones) is 2. The minimum absolute atomic E-state index is 0.0992. The second-order valence-corrected chi connectivity index (χ2v) is 2.60. The molecule has 6 heteroatoms. The Morgan fingerprint density at radius 1 is 1.64 bits per heavy atom. The molecular weight excluding hydrogens is 190 g/mol. The van der Waals surface area contributed by atoms with E-state index in [9.17, 15) is 9.59 Å². The molecule has 1 heterocycles. The Morgan fingerprint density at radius 3 is 2.86 bits per heavy atom. The summed E-state index contributed by atoms with van der Waals surface area (Å²) in [6.07, 6.45) is 0.149. The quantitative estimate of drug-likeness (QED) is 0.529. The third-order valence-corrected chi connectivity index (χ3v) is 1.46. The molecule has 1 N–H and O–H groups in total. The third-order valence-electron chi connectivity index (χ3n) is 1.46. The van der Waals surface area contributed by atoms with Crippen LogP contribution in [-0.2, 0) is 14.2 Å². The number of nitrogens with one attached hydrogen (secondary N) is 1. The number of amides is 1. The van der Waals surface area contributed by atoms with E-state index in [-0.39, 0.29) is 25.9 Å². The molecule has 1 fully saturated rings. The highest BCUT2D eigenvalue weighted by molar-refractivity contribution is 5.68. The minimum atomic E-state index is -0.720. The Kier molecular flexibility index (Phi) is 3.78. The van der Waals surface area contributed by atoms with E-state index in [1.165, 1.54) is 6.08 Å². The maximum Gasteiger partial charge on any atom is 0.508 e. The van der Waals surface area contributed by atoms with E-state index in [4.69, 9.17) is 0 Å². The van der Waals surface area contributed by atoms with Crippen LogP contribution in [0.5, 0.6) is 0 Å². The normalized spacial score (nSPS) is 16.4. The van der Waals surface area contributed by atoms with E-state index >= 15 is 0 Å². The summed E-state index contributed by atoms with van der Waals surface area (Å²) in [5.41, 5.74) is 0. The van der Waals surface area contributed by atoms with Crippen molar-refractivity contribution in [2.45, 2.75) is 6.04 Å². The number of ether oxygens (including phenoxy) is 3. The standard InChI is InChI=1S/C8H11NO5/c1-2-3-12-7(10)9-6-4-13-8(11)14-5-6/h2,6H,1,3-5H2,(H,9,10). The molecule has 0 aromatic carbocycles. The number of carbonyl (C=O) groups excluding carboxylic acids is 2. The van der Waals surface area contributed by atoms with Gasteiger partial charge in [0.25, 0.3) is 0 Å². The molecule has 0 bridgehead atoms. The number of rotatable bonds is 3. The first-order valence-corrected chi connectivity index (χ1v) is 4.06. The molecule has 1 aliphatic rings. The first-order valence-electron chi connectivity index (χ1n) is 4.06. The molecule has 1 saturated heterocycles. The van der Waals surface area contributed by atoms with E-state index in [1.54, 1.807) is 0 Å². The fraction of sp³-hybridized carbons (Fsp3) is 0.500. The molecule has 6 nitrogen and oxygen atoms in total. The highest BCUT2D eigenvalue weighted by atomic mass is 16.7. The molecule has 0 spiro atoms. The average molecular weight is 201 g/mol. The van der Waals surface area contributed by atoms with E-state index < -0.39 is 12.2 Å². The SMILES string of the molecule is C=CCOC(=O)NC1COC(=O)OC1. The van der Waals surface area contributed by atoms with Crippen LogP contribution in [-0.4, -0.2) is 38.1 Å². The first kappa shape index (κ1) is 10.4. The largest absolute Gasteiger partial charge is 0.508 e. The molecule has 0 saturated carbocycles. The Morgan fingerprint density at radius 2 is 2.29 bits per heavy atom. The summed E-state index contributed by atoms with van der Waals surface area (Å²) in [5, 5.41) is 2.46. The van der Waals surface area contributed by atoms with Gasteiger partial charge in [0.05, 0.1) is 0 Å². The van der Waals surface area contributed by atoms with Crippen molar-refractivity contribution in [3.8, 4) is 0 Å². The smallest absolute Gasteiger partial charge is 0.445 e. The molecule has 0 aliphatic carbocycles. The number of carbonyl (C=O) groups is 2. The van der Waals surface area contributed by atoms with Crippen molar-refractivity contribution >= 4 is 12.2 Å². The highest BCUT2D eigenvalue weighted by Gasteiger charge is 2.22. The summed E-state index contributed by atoms with van der Waals surface area (Å²) in [7, 11) is 0. The molecule has 1 amide bonds. The maximum atomic E-state index is 11.0. The van der Waals surface area contributed by atoms with E-state index in [0.717, 1.165) is 0 Å². The Labute approximate surface area is 80.8 Å². The van der Waals surface area contributed by atoms with E-state index in [1.807, 2.05) is 0 Å². The van der Waals surface area contributed by atoms with Crippen LogP contribution in [0.3, 0.4) is 0 Å². The van der Waals surface area contributed by atoms with Gasteiger partial charge in [0.15, 0.2) is 0 Å². The first-order chi connectivity index (χ1) is 6.72. The van der Waals surface area contributed by atoms with Crippen LogP contribution in [0, 0.1) is 0 Å². The summed E-state index contributed by atoms with van der Waals surface area (Å²) in [5.74, 6) is 0. The van der Waals surface area contributed by atoms with Crippen molar-refractivity contribution in [1.82, 2.24) is 5.32 Å². The second kappa shape index (κ2) is 5.11. The van der Waals surface area contributed by atoms with Gasteiger partial charge in [0.2, 0.25) is 0 Å². The number of hydrogen-bond donors (Lipinski definition) is 1. The van der Waals surface area contributed by atoms with Crippen LogP contribution in [0.1, 0.15) is 0 Å². The topological polar surface area (TPSA) is 73.9 Å². The van der Waals surface area contributed by atoms with Crippen LogP contribution in [0.4, 0.5) is 9.59 Å². The van der Waals surface area contributed by atoms with Gasteiger partial charge in [-0.05, 0) is 0 Å². The van der Waals surface area contributed by atoms with Crippen molar-refractivity contribution in [1.29, 1.82) is 0 Å². The lowest BCUT2D eigenvalue weighted by Gasteiger charge is -2.22. The van der Waals surface area contributed by atoms with Gasteiger partial charge in [-0.25, -0.2) is 9.59 Å². The maximum absolute atomic E-state index is 11.0. The Hall–Kier alpha value is -1.72. The predicted molar refractivity (Wildman–Crippen MR) is 45.8 cm³/mol. The lowest BCUT2D eigenvalue weighted by molar-refractivity contribution is 0.000697. The van der Waals surface area contributed by atoms with Gasteiger partial charge >= 0.3 is 12.2 Å². The zero-order chi connectivity index (χ0) is 10.4. The lowest BCUT2D eigenvalue weighted by atomic mass is 10.3. The van der Waals surface area contributed by atoms with E-state index in [2.05, 4.69) is 26.1 Å². The number of alkyl carbamates (subject to hydrolysis) is 1. The van der Waals surface area contributed by atoms with Gasteiger partial charge in [-0.1, -0.05) is 12.7 Å². The minimum Gasteiger partial charge on any atom is -0.445 e. The van der Waals surface area contributed by atoms with Crippen LogP contribution in [0.2, 0.25) is 0 Å². The molecule has 14 heavy (non-hydrogen) atoms. The van der Waals surface area contributed by atoms with Crippen LogP contribution in [0.25, 0.3) is 0 Å². The average Bonchev–Trinajstić information content (AvgIpc) is 2.18.